The maximum atomic E-state index is 13.8. The van der Waals surface area contributed by atoms with E-state index in [1.165, 1.54) is 10.7 Å². The average Bonchev–Trinajstić information content (AvgIpc) is 3.57. The number of H-pyrrole nitrogens is 1. The van der Waals surface area contributed by atoms with Crippen molar-refractivity contribution in [3.8, 4) is 22.4 Å². The molecule has 8 heteroatoms. The van der Waals surface area contributed by atoms with Gasteiger partial charge >= 0.3 is 6.09 Å². The summed E-state index contributed by atoms with van der Waals surface area (Å²) in [7, 11) is 0. The highest BCUT2D eigenvalue weighted by Crippen LogP contribution is 2.33. The molecule has 3 heterocycles. The van der Waals surface area contributed by atoms with E-state index in [0.29, 0.717) is 17.5 Å². The number of ether oxygens (including phenoxy) is 1. The van der Waals surface area contributed by atoms with E-state index in [4.69, 9.17) is 10.5 Å². The first-order valence-electron chi connectivity index (χ1n) is 12.7. The largest absolute Gasteiger partial charge is 0.446 e. The monoisotopic (exact) mass is 519 g/mol. The molecule has 3 aromatic carbocycles. The second-order valence-electron chi connectivity index (χ2n) is 9.59. The lowest BCUT2D eigenvalue weighted by atomic mass is 9.97. The minimum absolute atomic E-state index is 0.0634. The number of aromatic nitrogens is 4. The summed E-state index contributed by atoms with van der Waals surface area (Å²) < 4.78 is 20.6. The summed E-state index contributed by atoms with van der Waals surface area (Å²) in [5.41, 5.74) is 13.0. The molecule has 0 aliphatic rings. The number of nitrogens with two attached hydrogens (primary N) is 1. The van der Waals surface area contributed by atoms with Crippen molar-refractivity contribution in [1.29, 1.82) is 0 Å². The molecule has 0 fully saturated rings. The Morgan fingerprint density at radius 3 is 2.79 bits per heavy atom. The predicted molar refractivity (Wildman–Crippen MR) is 150 cm³/mol. The molecule has 3 N–H and O–H groups in total. The highest BCUT2D eigenvalue weighted by molar-refractivity contribution is 5.92. The van der Waals surface area contributed by atoms with E-state index in [2.05, 4.69) is 15.1 Å². The summed E-state index contributed by atoms with van der Waals surface area (Å²) in [6, 6.07) is 22.1. The van der Waals surface area contributed by atoms with Crippen LogP contribution in [0.2, 0.25) is 0 Å². The molecular formula is C31H26FN5O2. The molecule has 1 atom stereocenters. The zero-order valence-corrected chi connectivity index (χ0v) is 21.3. The number of carbonyl (C=O) groups is 1. The maximum Gasteiger partial charge on any atom is 0.435 e. The number of para-hydroxylation sites is 1. The Bertz CT molecular complexity index is 1820. The lowest BCUT2D eigenvalue weighted by Gasteiger charge is -2.12. The molecule has 0 unspecified atom stereocenters. The number of nitrogens with zero attached hydrogens (tertiary/aromatic N) is 3. The van der Waals surface area contributed by atoms with Crippen LogP contribution in [0.25, 0.3) is 44.2 Å². The zero-order chi connectivity index (χ0) is 26.9. The standard InChI is InChI=1S/C31H26FN5O2/c1-19-13-21(8-10-27(19)32)30-26(6-4-12-34-30)20-9-11-29-23(14-20)17-36-37(29)31(38)39-18-24(33)15-22-16-35-28-7-3-2-5-25(22)28/h2-14,16-17,24,35H,15,18,33H2,1H3/t24-/m0/s1. The minimum Gasteiger partial charge on any atom is -0.446 e. The van der Waals surface area contributed by atoms with Crippen LogP contribution < -0.4 is 5.73 Å². The fourth-order valence-electron chi connectivity index (χ4n) is 4.89. The van der Waals surface area contributed by atoms with Crippen molar-refractivity contribution in [3.63, 3.8) is 0 Å². The molecule has 0 saturated heterocycles. The van der Waals surface area contributed by atoms with Crippen molar-refractivity contribution >= 4 is 27.9 Å². The Morgan fingerprint density at radius 1 is 1.08 bits per heavy atom. The number of nitrogens with one attached hydrogen (secondary N) is 1. The number of aryl methyl sites for hydroxylation is 1. The number of benzene rings is 3. The molecule has 6 aromatic rings. The van der Waals surface area contributed by atoms with Gasteiger partial charge in [0.1, 0.15) is 12.4 Å². The Kier molecular flexibility index (Phi) is 6.38. The third-order valence-corrected chi connectivity index (χ3v) is 6.87. The Morgan fingerprint density at radius 2 is 1.92 bits per heavy atom. The first kappa shape index (κ1) is 24.5. The molecule has 3 aromatic heterocycles. The molecule has 0 aliphatic carbocycles. The Labute approximate surface area is 224 Å². The van der Waals surface area contributed by atoms with Gasteiger partial charge in [0, 0.05) is 45.9 Å². The van der Waals surface area contributed by atoms with Crippen LogP contribution in [0, 0.1) is 12.7 Å². The van der Waals surface area contributed by atoms with Gasteiger partial charge in [-0.1, -0.05) is 30.3 Å². The third-order valence-electron chi connectivity index (χ3n) is 6.87. The van der Waals surface area contributed by atoms with Crippen LogP contribution in [0.15, 0.2) is 91.4 Å². The summed E-state index contributed by atoms with van der Waals surface area (Å²) in [6.07, 6.45) is 5.27. The fourth-order valence-corrected chi connectivity index (χ4v) is 4.89. The summed E-state index contributed by atoms with van der Waals surface area (Å²) in [5, 5.41) is 6.15. The van der Waals surface area contributed by atoms with Crippen molar-refractivity contribution < 1.29 is 13.9 Å². The third kappa shape index (κ3) is 4.78. The lowest BCUT2D eigenvalue weighted by molar-refractivity contribution is 0.138. The normalized spacial score (nSPS) is 12.2. The van der Waals surface area contributed by atoms with Crippen molar-refractivity contribution in [1.82, 2.24) is 19.7 Å². The fraction of sp³-hybridized carbons (Fsp3) is 0.129. The van der Waals surface area contributed by atoms with Crippen LogP contribution in [0.3, 0.4) is 0 Å². The molecule has 0 saturated carbocycles. The molecule has 194 valence electrons. The number of pyridine rings is 1. The van der Waals surface area contributed by atoms with E-state index in [0.717, 1.165) is 44.2 Å². The van der Waals surface area contributed by atoms with Gasteiger partial charge < -0.3 is 15.5 Å². The van der Waals surface area contributed by atoms with Gasteiger partial charge in [0.2, 0.25) is 0 Å². The SMILES string of the molecule is Cc1cc(-c2ncccc2-c2ccc3c(cnn3C(=O)OC[C@@H](N)Cc3c[nH]c4ccccc34)c2)ccc1F. The smallest absolute Gasteiger partial charge is 0.435 e. The van der Waals surface area contributed by atoms with Crippen molar-refractivity contribution in [2.24, 2.45) is 5.73 Å². The number of carbonyl (C=O) groups excluding carboxylic acids is 1. The minimum atomic E-state index is -0.587. The first-order chi connectivity index (χ1) is 19.0. The van der Waals surface area contributed by atoms with Gasteiger partial charge in [-0.15, -0.1) is 0 Å². The average molecular weight is 520 g/mol. The van der Waals surface area contributed by atoms with Gasteiger partial charge in [-0.2, -0.15) is 9.78 Å². The quantitative estimate of drug-likeness (QED) is 0.271. The molecule has 0 spiro atoms. The van der Waals surface area contributed by atoms with E-state index >= 15 is 0 Å². The highest BCUT2D eigenvalue weighted by atomic mass is 19.1. The molecule has 0 radical (unpaired) electrons. The summed E-state index contributed by atoms with van der Waals surface area (Å²) in [5.74, 6) is -0.254. The number of fused-ring (bicyclic) bond motifs is 2. The van der Waals surface area contributed by atoms with Crippen LogP contribution in [-0.4, -0.2) is 38.5 Å². The van der Waals surface area contributed by atoms with E-state index in [-0.39, 0.29) is 18.5 Å². The van der Waals surface area contributed by atoms with Crippen LogP contribution >= 0.6 is 0 Å². The second kappa shape index (κ2) is 10.2. The molecule has 0 aliphatic heterocycles. The van der Waals surface area contributed by atoms with Crippen molar-refractivity contribution in [3.05, 3.63) is 108 Å². The predicted octanol–water partition coefficient (Wildman–Crippen LogP) is 6.25. The van der Waals surface area contributed by atoms with Crippen LogP contribution in [0.1, 0.15) is 11.1 Å². The van der Waals surface area contributed by atoms with E-state index < -0.39 is 6.09 Å². The van der Waals surface area contributed by atoms with Gasteiger partial charge in [-0.25, -0.2) is 9.18 Å². The number of aromatic amines is 1. The molecule has 0 amide bonds. The van der Waals surface area contributed by atoms with Crippen molar-refractivity contribution in [2.75, 3.05) is 6.61 Å². The Balaban J connectivity index is 1.19. The van der Waals surface area contributed by atoms with Crippen molar-refractivity contribution in [2.45, 2.75) is 19.4 Å². The van der Waals surface area contributed by atoms with Gasteiger partial charge in [-0.3, -0.25) is 4.98 Å². The first-order valence-corrected chi connectivity index (χ1v) is 12.7. The topological polar surface area (TPSA) is 98.8 Å². The maximum absolute atomic E-state index is 13.8. The van der Waals surface area contributed by atoms with E-state index in [1.807, 2.05) is 60.8 Å². The number of hydrogen-bond acceptors (Lipinski definition) is 5. The van der Waals surface area contributed by atoms with Crippen LogP contribution in [0.5, 0.6) is 0 Å². The summed E-state index contributed by atoms with van der Waals surface area (Å²) >= 11 is 0. The molecule has 0 bridgehead atoms. The van der Waals surface area contributed by atoms with Gasteiger partial charge in [0.25, 0.3) is 0 Å². The zero-order valence-electron chi connectivity index (χ0n) is 21.3. The summed E-state index contributed by atoms with van der Waals surface area (Å²) in [4.78, 5) is 20.7. The Hall–Kier alpha value is -4.82. The van der Waals surface area contributed by atoms with Gasteiger partial charge in [0.15, 0.2) is 0 Å². The summed E-state index contributed by atoms with van der Waals surface area (Å²) in [6.45, 7) is 1.80. The van der Waals surface area contributed by atoms with Crippen LogP contribution in [0.4, 0.5) is 9.18 Å². The molecule has 6 rings (SSSR count). The van der Waals surface area contributed by atoms with E-state index in [1.54, 1.807) is 31.5 Å². The molecule has 7 nitrogen and oxygen atoms in total. The lowest BCUT2D eigenvalue weighted by Crippen LogP contribution is -2.31. The van der Waals surface area contributed by atoms with Gasteiger partial charge in [-0.05, 0) is 72.5 Å². The second-order valence-corrected chi connectivity index (χ2v) is 9.59. The number of hydrogen-bond donors (Lipinski definition) is 2. The van der Waals surface area contributed by atoms with Crippen LogP contribution in [-0.2, 0) is 11.2 Å². The number of rotatable bonds is 6. The highest BCUT2D eigenvalue weighted by Gasteiger charge is 2.17. The molecular weight excluding hydrogens is 493 g/mol. The number of halogens is 1. The van der Waals surface area contributed by atoms with Gasteiger partial charge in [0.05, 0.1) is 17.4 Å². The van der Waals surface area contributed by atoms with E-state index in [9.17, 15) is 9.18 Å². The molecule has 39 heavy (non-hydrogen) atoms.